The van der Waals surface area contributed by atoms with Gasteiger partial charge in [-0.2, -0.15) is 4.73 Å². The minimum atomic E-state index is 0.745. The van der Waals surface area contributed by atoms with E-state index in [9.17, 15) is 5.21 Å². The van der Waals surface area contributed by atoms with E-state index in [-0.39, 0.29) is 0 Å². The number of hydrogen-bond acceptors (Lipinski definition) is 3. The zero-order valence-electron chi connectivity index (χ0n) is 9.59. The highest BCUT2D eigenvalue weighted by Crippen LogP contribution is 2.28. The first kappa shape index (κ1) is 10.1. The van der Waals surface area contributed by atoms with Crippen molar-refractivity contribution in [3.05, 3.63) is 36.3 Å². The van der Waals surface area contributed by atoms with Gasteiger partial charge in [-0.05, 0) is 12.5 Å². The molecule has 0 atom stereocenters. The molecule has 0 amide bonds. The number of para-hydroxylation sites is 1. The predicted molar refractivity (Wildman–Crippen MR) is 65.3 cm³/mol. The fourth-order valence-electron chi connectivity index (χ4n) is 2.09. The molecule has 0 aliphatic carbocycles. The van der Waals surface area contributed by atoms with Crippen LogP contribution in [0.2, 0.25) is 0 Å². The van der Waals surface area contributed by atoms with E-state index in [2.05, 4.69) is 16.9 Å². The van der Waals surface area contributed by atoms with Crippen molar-refractivity contribution in [3.8, 4) is 11.4 Å². The number of fused-ring (bicyclic) bond motifs is 3. The molecule has 3 rings (SSSR count). The van der Waals surface area contributed by atoms with Crippen molar-refractivity contribution < 1.29 is 5.21 Å². The Bertz CT molecular complexity index is 645. The molecular formula is C13H13N3O. The number of benzene rings is 1. The molecule has 4 heteroatoms. The molecule has 0 fully saturated rings. The summed E-state index contributed by atoms with van der Waals surface area (Å²) >= 11 is 0. The van der Waals surface area contributed by atoms with Crippen LogP contribution in [0, 0.1) is 0 Å². The standard InChI is InChI=1S/C13H13N3O/c1-2-5-12-14-10-8-16(17)11-7-4-3-6-9(11)13(10)15-12/h3-4,6-8,17H,2,5H2,1H3. The third kappa shape index (κ3) is 1.53. The third-order valence-electron chi connectivity index (χ3n) is 2.86. The predicted octanol–water partition coefficient (Wildman–Crippen LogP) is 2.73. The van der Waals surface area contributed by atoms with Gasteiger partial charge in [-0.25, -0.2) is 9.97 Å². The second kappa shape index (κ2) is 3.73. The van der Waals surface area contributed by atoms with Gasteiger partial charge in [0.25, 0.3) is 0 Å². The lowest BCUT2D eigenvalue weighted by atomic mass is 10.1. The summed E-state index contributed by atoms with van der Waals surface area (Å²) in [4.78, 5) is 8.96. The van der Waals surface area contributed by atoms with Crippen LogP contribution in [-0.2, 0) is 6.42 Å². The first-order valence-electron chi connectivity index (χ1n) is 5.75. The van der Waals surface area contributed by atoms with Crippen LogP contribution in [0.25, 0.3) is 22.3 Å². The fourth-order valence-corrected chi connectivity index (χ4v) is 2.09. The van der Waals surface area contributed by atoms with Crippen molar-refractivity contribution in [2.45, 2.75) is 19.8 Å². The molecule has 2 heterocycles. The summed E-state index contributed by atoms with van der Waals surface area (Å²) in [6, 6.07) is 7.65. The number of nitrogens with zero attached hydrogens (tertiary/aromatic N) is 3. The van der Waals surface area contributed by atoms with E-state index >= 15 is 0 Å². The van der Waals surface area contributed by atoms with E-state index in [1.807, 2.05) is 24.3 Å². The van der Waals surface area contributed by atoms with Crippen LogP contribution < -0.4 is 0 Å². The topological polar surface area (TPSA) is 50.9 Å². The summed E-state index contributed by atoms with van der Waals surface area (Å²) in [5.74, 6) is 0.846. The maximum Gasteiger partial charge on any atom is 0.129 e. The Balaban J connectivity index is 2.34. The van der Waals surface area contributed by atoms with Crippen LogP contribution >= 0.6 is 0 Å². The second-order valence-corrected chi connectivity index (χ2v) is 4.11. The Morgan fingerprint density at radius 2 is 2.06 bits per heavy atom. The Kier molecular flexibility index (Phi) is 2.21. The smallest absolute Gasteiger partial charge is 0.129 e. The van der Waals surface area contributed by atoms with Gasteiger partial charge in [0.05, 0.1) is 11.7 Å². The largest absolute Gasteiger partial charge is 0.428 e. The molecule has 0 bridgehead atoms. The monoisotopic (exact) mass is 227 g/mol. The first-order valence-corrected chi connectivity index (χ1v) is 5.75. The van der Waals surface area contributed by atoms with Crippen molar-refractivity contribution in [2.24, 2.45) is 0 Å². The fraction of sp³-hybridized carbons (Fsp3) is 0.231. The van der Waals surface area contributed by atoms with Crippen molar-refractivity contribution in [1.29, 1.82) is 0 Å². The second-order valence-electron chi connectivity index (χ2n) is 4.11. The molecule has 0 spiro atoms. The van der Waals surface area contributed by atoms with Gasteiger partial charge in [-0.1, -0.05) is 25.1 Å². The van der Waals surface area contributed by atoms with Gasteiger partial charge >= 0.3 is 0 Å². The van der Waals surface area contributed by atoms with Crippen LogP contribution in [0.1, 0.15) is 19.2 Å². The van der Waals surface area contributed by atoms with Crippen LogP contribution in [0.15, 0.2) is 30.5 Å². The molecule has 0 saturated heterocycles. The molecule has 0 unspecified atom stereocenters. The molecule has 86 valence electrons. The van der Waals surface area contributed by atoms with Crippen molar-refractivity contribution >= 4 is 10.9 Å². The van der Waals surface area contributed by atoms with Crippen LogP contribution in [-0.4, -0.2) is 19.9 Å². The summed E-state index contributed by atoms with van der Waals surface area (Å²) < 4.78 is 1.11. The zero-order valence-corrected chi connectivity index (χ0v) is 9.59. The average molecular weight is 227 g/mol. The first-order chi connectivity index (χ1) is 8.29. The highest BCUT2D eigenvalue weighted by molar-refractivity contribution is 5.92. The highest BCUT2D eigenvalue weighted by Gasteiger charge is 2.15. The van der Waals surface area contributed by atoms with E-state index in [0.717, 1.165) is 45.7 Å². The molecule has 1 N–H and O–H groups in total. The molecule has 17 heavy (non-hydrogen) atoms. The lowest BCUT2D eigenvalue weighted by Gasteiger charge is -2.06. The molecular weight excluding hydrogens is 214 g/mol. The Morgan fingerprint density at radius 3 is 2.88 bits per heavy atom. The number of imidazole rings is 1. The summed E-state index contributed by atoms with van der Waals surface area (Å²) in [6.45, 7) is 2.10. The van der Waals surface area contributed by atoms with Gasteiger partial charge < -0.3 is 5.21 Å². The van der Waals surface area contributed by atoms with Crippen LogP contribution in [0.5, 0.6) is 0 Å². The average Bonchev–Trinajstić information content (AvgIpc) is 2.73. The summed E-state index contributed by atoms with van der Waals surface area (Å²) in [5.41, 5.74) is 2.37. The van der Waals surface area contributed by atoms with E-state index in [0.29, 0.717) is 0 Å². The maximum absolute atomic E-state index is 9.86. The molecule has 1 aromatic carbocycles. The molecule has 2 aliphatic rings. The van der Waals surface area contributed by atoms with Crippen LogP contribution in [0.4, 0.5) is 0 Å². The zero-order chi connectivity index (χ0) is 11.8. The van der Waals surface area contributed by atoms with Crippen molar-refractivity contribution in [2.75, 3.05) is 0 Å². The van der Waals surface area contributed by atoms with E-state index < -0.39 is 0 Å². The summed E-state index contributed by atoms with van der Waals surface area (Å²) in [6.07, 6.45) is 3.51. The number of hydrogen-bond donors (Lipinski definition) is 1. The lowest BCUT2D eigenvalue weighted by Crippen LogP contribution is -1.97. The number of aryl methyl sites for hydroxylation is 1. The molecule has 0 aromatic heterocycles. The Hall–Kier alpha value is -2.10. The van der Waals surface area contributed by atoms with Gasteiger partial charge in [0, 0.05) is 11.8 Å². The minimum Gasteiger partial charge on any atom is -0.428 e. The van der Waals surface area contributed by atoms with Gasteiger partial charge in [0.1, 0.15) is 17.2 Å². The normalized spacial score (nSPS) is 11.4. The van der Waals surface area contributed by atoms with Gasteiger partial charge in [0.2, 0.25) is 0 Å². The molecule has 1 aromatic rings. The van der Waals surface area contributed by atoms with Crippen molar-refractivity contribution in [1.82, 2.24) is 14.7 Å². The van der Waals surface area contributed by atoms with Gasteiger partial charge in [0.15, 0.2) is 0 Å². The SMILES string of the molecule is CCCc1nc2cn(O)c3ccccc3c-2n1. The lowest BCUT2D eigenvalue weighted by molar-refractivity contribution is 0.198. The Morgan fingerprint density at radius 1 is 1.24 bits per heavy atom. The Labute approximate surface area is 98.9 Å². The third-order valence-corrected chi connectivity index (χ3v) is 2.86. The van der Waals surface area contributed by atoms with Gasteiger partial charge in [-0.3, -0.25) is 0 Å². The maximum atomic E-state index is 9.86. The van der Waals surface area contributed by atoms with E-state index in [1.54, 1.807) is 6.20 Å². The summed E-state index contributed by atoms with van der Waals surface area (Å²) in [7, 11) is 0. The van der Waals surface area contributed by atoms with E-state index in [1.165, 1.54) is 0 Å². The number of rotatable bonds is 2. The summed E-state index contributed by atoms with van der Waals surface area (Å²) in [5, 5.41) is 10.8. The quantitative estimate of drug-likeness (QED) is 0.685. The molecule has 0 saturated carbocycles. The van der Waals surface area contributed by atoms with Crippen LogP contribution in [0.3, 0.4) is 0 Å². The molecule has 0 radical (unpaired) electrons. The van der Waals surface area contributed by atoms with Gasteiger partial charge in [-0.15, -0.1) is 0 Å². The highest BCUT2D eigenvalue weighted by atomic mass is 16.5. The van der Waals surface area contributed by atoms with E-state index in [4.69, 9.17) is 0 Å². The minimum absolute atomic E-state index is 0.745. The van der Waals surface area contributed by atoms with Crippen molar-refractivity contribution in [3.63, 3.8) is 0 Å². The number of aromatic nitrogens is 3. The number of pyridine rings is 1. The molecule has 2 aliphatic heterocycles. The molecule has 4 nitrogen and oxygen atoms in total.